The first-order chi connectivity index (χ1) is 10.3. The van der Waals surface area contributed by atoms with Crippen LogP contribution in [-0.4, -0.2) is 49.3 Å². The Labute approximate surface area is 126 Å². The van der Waals surface area contributed by atoms with E-state index in [0.717, 1.165) is 0 Å². The zero-order chi connectivity index (χ0) is 17.1. The van der Waals surface area contributed by atoms with Crippen LogP contribution in [0, 0.1) is 5.92 Å². The highest BCUT2D eigenvalue weighted by Crippen LogP contribution is 2.12. The summed E-state index contributed by atoms with van der Waals surface area (Å²) in [5, 5.41) is 0. The second-order valence-electron chi connectivity index (χ2n) is 4.16. The zero-order valence-electron chi connectivity index (χ0n) is 11.9. The highest BCUT2D eigenvalue weighted by atomic mass is 16.6. The molecule has 0 radical (unpaired) electrons. The molecule has 124 valence electrons. The van der Waals surface area contributed by atoms with Crippen LogP contribution in [0.5, 0.6) is 0 Å². The SMILES string of the molecule is NCC(=O)OC(=O)CCCC(C(=O)CN)C(=O)OC(=O)CN. The van der Waals surface area contributed by atoms with Crippen LogP contribution in [0.4, 0.5) is 0 Å². The average Bonchev–Trinajstić information content (AvgIpc) is 2.50. The van der Waals surface area contributed by atoms with E-state index in [1.807, 2.05) is 0 Å². The van der Waals surface area contributed by atoms with Crippen molar-refractivity contribution in [1.29, 1.82) is 0 Å². The Kier molecular flexibility index (Phi) is 9.50. The number of ketones is 1. The summed E-state index contributed by atoms with van der Waals surface area (Å²) < 4.78 is 8.67. The van der Waals surface area contributed by atoms with Crippen molar-refractivity contribution in [3.63, 3.8) is 0 Å². The monoisotopic (exact) mass is 317 g/mol. The molecule has 0 saturated heterocycles. The molecule has 0 saturated carbocycles. The molecule has 1 unspecified atom stereocenters. The van der Waals surface area contributed by atoms with Crippen LogP contribution >= 0.6 is 0 Å². The van der Waals surface area contributed by atoms with Gasteiger partial charge in [0.15, 0.2) is 5.78 Å². The summed E-state index contributed by atoms with van der Waals surface area (Å²) in [6, 6.07) is 0. The third-order valence-corrected chi connectivity index (χ3v) is 2.52. The van der Waals surface area contributed by atoms with Crippen molar-refractivity contribution < 1.29 is 33.4 Å². The third kappa shape index (κ3) is 7.57. The Morgan fingerprint density at radius 2 is 1.32 bits per heavy atom. The normalized spacial score (nSPS) is 11.4. The molecule has 0 aromatic heterocycles. The van der Waals surface area contributed by atoms with Gasteiger partial charge in [-0.25, -0.2) is 0 Å². The Morgan fingerprint density at radius 1 is 0.773 bits per heavy atom. The van der Waals surface area contributed by atoms with Gasteiger partial charge in [0, 0.05) is 6.42 Å². The molecule has 10 nitrogen and oxygen atoms in total. The van der Waals surface area contributed by atoms with E-state index in [1.54, 1.807) is 0 Å². The maximum absolute atomic E-state index is 11.7. The standard InChI is InChI=1S/C12H19N3O7/c13-4-8(16)7(12(20)22-11(19)6-15)2-1-3-9(17)21-10(18)5-14/h7H,1-6,13-15H2. The summed E-state index contributed by atoms with van der Waals surface area (Å²) in [5.74, 6) is -5.68. The molecule has 22 heavy (non-hydrogen) atoms. The van der Waals surface area contributed by atoms with E-state index >= 15 is 0 Å². The molecule has 0 aliphatic carbocycles. The fourth-order valence-corrected chi connectivity index (χ4v) is 1.45. The van der Waals surface area contributed by atoms with Crippen LogP contribution in [0.2, 0.25) is 0 Å². The lowest BCUT2D eigenvalue weighted by atomic mass is 9.97. The predicted octanol–water partition coefficient (Wildman–Crippen LogP) is -2.64. The van der Waals surface area contributed by atoms with E-state index in [4.69, 9.17) is 17.2 Å². The lowest BCUT2D eigenvalue weighted by Crippen LogP contribution is -2.34. The number of nitrogens with two attached hydrogens (primary N) is 3. The van der Waals surface area contributed by atoms with Crippen LogP contribution in [0.25, 0.3) is 0 Å². The van der Waals surface area contributed by atoms with Crippen LogP contribution < -0.4 is 17.2 Å². The second kappa shape index (κ2) is 10.5. The van der Waals surface area contributed by atoms with E-state index in [-0.39, 0.29) is 19.3 Å². The first kappa shape index (κ1) is 19.8. The van der Waals surface area contributed by atoms with Crippen LogP contribution in [0.3, 0.4) is 0 Å². The first-order valence-electron chi connectivity index (χ1n) is 6.46. The van der Waals surface area contributed by atoms with Crippen molar-refractivity contribution in [2.24, 2.45) is 23.1 Å². The molecule has 0 fully saturated rings. The van der Waals surface area contributed by atoms with Gasteiger partial charge in [-0.05, 0) is 12.8 Å². The molecular formula is C12H19N3O7. The lowest BCUT2D eigenvalue weighted by Gasteiger charge is -2.12. The van der Waals surface area contributed by atoms with Gasteiger partial charge in [-0.15, -0.1) is 0 Å². The number of carbonyl (C=O) groups is 5. The summed E-state index contributed by atoms with van der Waals surface area (Å²) in [6.07, 6.45) is -0.240. The molecule has 0 aliphatic rings. The van der Waals surface area contributed by atoms with E-state index in [1.165, 1.54) is 0 Å². The number of hydrogen-bond acceptors (Lipinski definition) is 10. The number of hydrogen-bond donors (Lipinski definition) is 3. The molecule has 10 heteroatoms. The van der Waals surface area contributed by atoms with Gasteiger partial charge in [0.1, 0.15) is 5.92 Å². The van der Waals surface area contributed by atoms with Gasteiger partial charge < -0.3 is 26.7 Å². The lowest BCUT2D eigenvalue weighted by molar-refractivity contribution is -0.164. The summed E-state index contributed by atoms with van der Waals surface area (Å²) in [7, 11) is 0. The Morgan fingerprint density at radius 3 is 1.82 bits per heavy atom. The van der Waals surface area contributed by atoms with Crippen molar-refractivity contribution in [1.82, 2.24) is 0 Å². The molecule has 0 heterocycles. The van der Waals surface area contributed by atoms with Gasteiger partial charge in [0.05, 0.1) is 19.6 Å². The Bertz CT molecular complexity index is 450. The molecule has 0 bridgehead atoms. The fraction of sp³-hybridized carbons (Fsp3) is 0.583. The Balaban J connectivity index is 4.46. The summed E-state index contributed by atoms with van der Waals surface area (Å²) in [5.41, 5.74) is 15.1. The average molecular weight is 317 g/mol. The van der Waals surface area contributed by atoms with Crippen molar-refractivity contribution in [3.8, 4) is 0 Å². The molecule has 0 aromatic rings. The van der Waals surface area contributed by atoms with Crippen molar-refractivity contribution in [2.75, 3.05) is 19.6 Å². The minimum absolute atomic E-state index is 0.0546. The van der Waals surface area contributed by atoms with E-state index < -0.39 is 55.2 Å². The fourth-order valence-electron chi connectivity index (χ4n) is 1.45. The summed E-state index contributed by atoms with van der Waals surface area (Å²) in [6.45, 7) is -1.37. The topological polar surface area (TPSA) is 182 Å². The highest BCUT2D eigenvalue weighted by Gasteiger charge is 2.28. The summed E-state index contributed by atoms with van der Waals surface area (Å²) in [4.78, 5) is 56.2. The van der Waals surface area contributed by atoms with Gasteiger partial charge in [0.25, 0.3) is 0 Å². The van der Waals surface area contributed by atoms with Crippen LogP contribution in [-0.2, 0) is 33.4 Å². The van der Waals surface area contributed by atoms with E-state index in [0.29, 0.717) is 0 Å². The van der Waals surface area contributed by atoms with E-state index in [9.17, 15) is 24.0 Å². The first-order valence-corrected chi connectivity index (χ1v) is 6.46. The smallest absolute Gasteiger partial charge is 0.327 e. The number of ether oxygens (including phenoxy) is 2. The number of esters is 4. The quantitative estimate of drug-likeness (QED) is 0.300. The number of Topliss-reactive ketones (excluding diaryl/α,β-unsaturated/α-hetero) is 1. The molecule has 0 aromatic carbocycles. The number of carbonyl (C=O) groups excluding carboxylic acids is 5. The maximum Gasteiger partial charge on any atom is 0.327 e. The van der Waals surface area contributed by atoms with Gasteiger partial charge >= 0.3 is 23.9 Å². The Hall–Kier alpha value is -2.17. The van der Waals surface area contributed by atoms with Crippen molar-refractivity contribution in [3.05, 3.63) is 0 Å². The van der Waals surface area contributed by atoms with Crippen molar-refractivity contribution in [2.45, 2.75) is 19.3 Å². The van der Waals surface area contributed by atoms with Gasteiger partial charge in [-0.1, -0.05) is 0 Å². The van der Waals surface area contributed by atoms with Crippen LogP contribution in [0.15, 0.2) is 0 Å². The molecule has 1 atom stereocenters. The third-order valence-electron chi connectivity index (χ3n) is 2.52. The molecule has 0 spiro atoms. The van der Waals surface area contributed by atoms with Gasteiger partial charge in [0.2, 0.25) is 0 Å². The minimum Gasteiger partial charge on any atom is -0.392 e. The predicted molar refractivity (Wildman–Crippen MR) is 71.7 cm³/mol. The van der Waals surface area contributed by atoms with Gasteiger partial charge in [-0.3, -0.25) is 24.0 Å². The zero-order valence-corrected chi connectivity index (χ0v) is 11.9. The number of rotatable bonds is 9. The molecule has 0 aliphatic heterocycles. The van der Waals surface area contributed by atoms with Crippen molar-refractivity contribution >= 4 is 29.7 Å². The molecule has 6 N–H and O–H groups in total. The van der Waals surface area contributed by atoms with Crippen LogP contribution in [0.1, 0.15) is 19.3 Å². The largest absolute Gasteiger partial charge is 0.392 e. The molecular weight excluding hydrogens is 298 g/mol. The molecule has 0 amide bonds. The highest BCUT2D eigenvalue weighted by molar-refractivity contribution is 6.03. The second-order valence-corrected chi connectivity index (χ2v) is 4.16. The maximum atomic E-state index is 11.7. The van der Waals surface area contributed by atoms with Gasteiger partial charge in [-0.2, -0.15) is 0 Å². The minimum atomic E-state index is -1.28. The molecule has 0 rings (SSSR count). The van der Waals surface area contributed by atoms with E-state index in [2.05, 4.69) is 9.47 Å². The summed E-state index contributed by atoms with van der Waals surface area (Å²) >= 11 is 0.